The summed E-state index contributed by atoms with van der Waals surface area (Å²) in [6, 6.07) is 0. The lowest BCUT2D eigenvalue weighted by atomic mass is 10.1. The van der Waals surface area contributed by atoms with Crippen LogP contribution in [0.3, 0.4) is 0 Å². The molecule has 6 nitrogen and oxygen atoms in total. The highest BCUT2D eigenvalue weighted by atomic mass is 16.6. The topological polar surface area (TPSA) is 78.9 Å². The van der Waals surface area contributed by atoms with E-state index in [1.807, 2.05) is 0 Å². The molecule has 1 unspecified atom stereocenters. The zero-order valence-corrected chi connectivity index (χ0v) is 44.0. The highest BCUT2D eigenvalue weighted by Gasteiger charge is 2.19. The van der Waals surface area contributed by atoms with E-state index >= 15 is 0 Å². The van der Waals surface area contributed by atoms with E-state index < -0.39 is 6.10 Å². The van der Waals surface area contributed by atoms with Crippen molar-refractivity contribution in [1.82, 2.24) is 0 Å². The van der Waals surface area contributed by atoms with E-state index in [9.17, 15) is 14.4 Å². The van der Waals surface area contributed by atoms with Gasteiger partial charge in [-0.05, 0) is 128 Å². The van der Waals surface area contributed by atoms with Crippen LogP contribution >= 0.6 is 0 Å². The first-order chi connectivity index (χ1) is 34.0. The molecular weight excluding hydrogens is 853 g/mol. The number of rotatable bonds is 47. The van der Waals surface area contributed by atoms with Crippen molar-refractivity contribution < 1.29 is 28.6 Å². The number of carbonyl (C=O) groups excluding carboxylic acids is 3. The van der Waals surface area contributed by atoms with Crippen LogP contribution in [0.2, 0.25) is 0 Å². The number of ether oxygens (including phenoxy) is 3. The van der Waals surface area contributed by atoms with Crippen LogP contribution < -0.4 is 0 Å². The highest BCUT2D eigenvalue weighted by Crippen LogP contribution is 2.12. The molecule has 1 atom stereocenters. The van der Waals surface area contributed by atoms with Gasteiger partial charge in [0.05, 0.1) is 0 Å². The molecule has 0 spiro atoms. The number of hydrogen-bond donors (Lipinski definition) is 0. The van der Waals surface area contributed by atoms with Crippen LogP contribution in [0.15, 0.2) is 146 Å². The van der Waals surface area contributed by atoms with Crippen molar-refractivity contribution in [3.8, 4) is 0 Å². The Bertz CT molecular complexity index is 1560. The molecule has 386 valence electrons. The lowest BCUT2D eigenvalue weighted by Gasteiger charge is -2.18. The van der Waals surface area contributed by atoms with Gasteiger partial charge in [-0.1, -0.05) is 212 Å². The van der Waals surface area contributed by atoms with Gasteiger partial charge >= 0.3 is 17.9 Å². The summed E-state index contributed by atoms with van der Waals surface area (Å²) in [5.74, 6) is -1.02. The number of carbonyl (C=O) groups is 3. The molecule has 0 fully saturated rings. The van der Waals surface area contributed by atoms with Crippen molar-refractivity contribution in [2.75, 3.05) is 13.2 Å². The second-order valence-electron chi connectivity index (χ2n) is 17.4. The van der Waals surface area contributed by atoms with Gasteiger partial charge in [0, 0.05) is 19.3 Å². The number of allylic oxidation sites excluding steroid dienone is 24. The van der Waals surface area contributed by atoms with Gasteiger partial charge in [0.1, 0.15) is 13.2 Å². The van der Waals surface area contributed by atoms with Crippen LogP contribution in [0.5, 0.6) is 0 Å². The van der Waals surface area contributed by atoms with Crippen molar-refractivity contribution in [3.05, 3.63) is 146 Å². The van der Waals surface area contributed by atoms with Gasteiger partial charge < -0.3 is 14.2 Å². The van der Waals surface area contributed by atoms with Gasteiger partial charge in [-0.25, -0.2) is 0 Å². The molecule has 0 saturated heterocycles. The molecule has 0 aliphatic heterocycles. The average molecular weight is 951 g/mol. The predicted molar refractivity (Wildman–Crippen MR) is 297 cm³/mol. The first kappa shape index (κ1) is 64.3. The Kier molecular flexibility index (Phi) is 52.1. The quantitative estimate of drug-likeness (QED) is 0.0262. The standard InChI is InChI=1S/C63H98O6/c1-4-7-10-13-16-19-22-24-26-28-29-30-31-32-33-35-36-38-41-44-47-50-53-56-62(65)68-59-60(58-67-61(64)55-52-49-46-43-40-21-18-15-12-9-6-3)69-63(66)57-54-51-48-45-42-39-37-34-27-25-23-20-17-14-11-8-5-2/h7-8,10-11,15-20,24-27,29-30,32-33,36-39,44,47,60H,4-6,9,12-14,21-23,28,31,34-35,40-43,45-46,48-59H2,1-3H3/b10-7-,11-8-,18-15-,19-16-,20-17-,26-24-,27-25-,30-29-,33-32-,38-36-,39-37-,47-44-. The fourth-order valence-corrected chi connectivity index (χ4v) is 6.75. The summed E-state index contributed by atoms with van der Waals surface area (Å²) in [6.45, 7) is 6.27. The number of hydrogen-bond acceptors (Lipinski definition) is 6. The average Bonchev–Trinajstić information content (AvgIpc) is 3.35. The summed E-state index contributed by atoms with van der Waals surface area (Å²) >= 11 is 0. The van der Waals surface area contributed by atoms with Crippen molar-refractivity contribution in [1.29, 1.82) is 0 Å². The van der Waals surface area contributed by atoms with E-state index in [4.69, 9.17) is 14.2 Å². The Hall–Kier alpha value is -4.71. The maximum absolute atomic E-state index is 12.8. The molecule has 0 amide bonds. The SMILES string of the molecule is CC/C=C\C/C=C\C/C=C\C/C=C\C/C=C\C/C=C\C/C=C\CCCC(=O)OCC(COC(=O)CCCCCCC/C=C\CCCC)OC(=O)CCCCCC/C=C\C/C=C\C/C=C\C/C=C\CC. The van der Waals surface area contributed by atoms with E-state index in [0.29, 0.717) is 12.8 Å². The lowest BCUT2D eigenvalue weighted by Crippen LogP contribution is -2.30. The third-order valence-electron chi connectivity index (χ3n) is 10.8. The second-order valence-corrected chi connectivity index (χ2v) is 17.4. The Morgan fingerprint density at radius 3 is 0.957 bits per heavy atom. The van der Waals surface area contributed by atoms with Gasteiger partial charge in [-0.3, -0.25) is 14.4 Å². The third-order valence-corrected chi connectivity index (χ3v) is 10.8. The van der Waals surface area contributed by atoms with Crippen molar-refractivity contribution in [3.63, 3.8) is 0 Å². The molecule has 0 bridgehead atoms. The molecule has 0 saturated carbocycles. The van der Waals surface area contributed by atoms with Crippen LogP contribution in [0, 0.1) is 0 Å². The minimum Gasteiger partial charge on any atom is -0.462 e. The smallest absolute Gasteiger partial charge is 0.306 e. The molecular formula is C63H98O6. The minimum atomic E-state index is -0.824. The number of unbranched alkanes of at least 4 members (excludes halogenated alkanes) is 12. The monoisotopic (exact) mass is 951 g/mol. The summed E-state index contributed by atoms with van der Waals surface area (Å²) in [5.41, 5.74) is 0. The molecule has 0 aromatic rings. The van der Waals surface area contributed by atoms with E-state index in [1.54, 1.807) is 0 Å². The predicted octanol–water partition coefficient (Wildman–Crippen LogP) is 18.4. The largest absolute Gasteiger partial charge is 0.462 e. The molecule has 0 radical (unpaired) electrons. The molecule has 0 rings (SSSR count). The summed E-state index contributed by atoms with van der Waals surface area (Å²) in [6.07, 6.45) is 79.8. The molecule has 0 N–H and O–H groups in total. The molecule has 0 aromatic heterocycles. The maximum atomic E-state index is 12.8. The Morgan fingerprint density at radius 1 is 0.304 bits per heavy atom. The summed E-state index contributed by atoms with van der Waals surface area (Å²) in [5, 5.41) is 0. The van der Waals surface area contributed by atoms with Crippen LogP contribution in [0.25, 0.3) is 0 Å². The fourth-order valence-electron chi connectivity index (χ4n) is 6.75. The first-order valence-corrected chi connectivity index (χ1v) is 27.3. The Balaban J connectivity index is 4.52. The van der Waals surface area contributed by atoms with Gasteiger partial charge in [0.15, 0.2) is 6.10 Å². The minimum absolute atomic E-state index is 0.117. The van der Waals surface area contributed by atoms with E-state index in [0.717, 1.165) is 141 Å². The zero-order valence-electron chi connectivity index (χ0n) is 44.0. The molecule has 6 heteroatoms. The van der Waals surface area contributed by atoms with Gasteiger partial charge in [0.2, 0.25) is 0 Å². The summed E-state index contributed by atoms with van der Waals surface area (Å²) in [7, 11) is 0. The molecule has 0 aliphatic rings. The fraction of sp³-hybridized carbons (Fsp3) is 0.571. The van der Waals surface area contributed by atoms with Crippen LogP contribution in [-0.2, 0) is 28.6 Å². The Labute approximate surface area is 423 Å². The van der Waals surface area contributed by atoms with Gasteiger partial charge in [-0.2, -0.15) is 0 Å². The summed E-state index contributed by atoms with van der Waals surface area (Å²) < 4.78 is 16.7. The van der Waals surface area contributed by atoms with E-state index in [2.05, 4.69) is 167 Å². The molecule has 0 heterocycles. The van der Waals surface area contributed by atoms with E-state index in [1.165, 1.54) is 25.7 Å². The van der Waals surface area contributed by atoms with Gasteiger partial charge in [0.25, 0.3) is 0 Å². The van der Waals surface area contributed by atoms with Crippen molar-refractivity contribution >= 4 is 17.9 Å². The van der Waals surface area contributed by atoms with Crippen molar-refractivity contribution in [2.45, 2.75) is 219 Å². The molecule has 0 aromatic carbocycles. The summed E-state index contributed by atoms with van der Waals surface area (Å²) in [4.78, 5) is 38.0. The zero-order chi connectivity index (χ0) is 50.0. The Morgan fingerprint density at radius 2 is 0.580 bits per heavy atom. The van der Waals surface area contributed by atoms with Crippen LogP contribution in [-0.4, -0.2) is 37.2 Å². The normalized spacial score (nSPS) is 13.3. The number of esters is 3. The van der Waals surface area contributed by atoms with E-state index in [-0.39, 0.29) is 44.0 Å². The molecule has 0 aliphatic carbocycles. The first-order valence-electron chi connectivity index (χ1n) is 27.3. The maximum Gasteiger partial charge on any atom is 0.306 e. The highest BCUT2D eigenvalue weighted by molar-refractivity contribution is 5.71. The van der Waals surface area contributed by atoms with Crippen LogP contribution in [0.4, 0.5) is 0 Å². The van der Waals surface area contributed by atoms with Crippen LogP contribution in [0.1, 0.15) is 213 Å². The second kappa shape index (κ2) is 55.9. The lowest BCUT2D eigenvalue weighted by molar-refractivity contribution is -0.167. The third kappa shape index (κ3) is 54.1. The molecule has 69 heavy (non-hydrogen) atoms. The van der Waals surface area contributed by atoms with Crippen molar-refractivity contribution in [2.24, 2.45) is 0 Å². The van der Waals surface area contributed by atoms with Gasteiger partial charge in [-0.15, -0.1) is 0 Å².